The fraction of sp³-hybridized carbons (Fsp3) is 0.467. The van der Waals surface area contributed by atoms with E-state index in [1.54, 1.807) is 27.7 Å². The number of carbonyl (C=O) groups excluding carboxylic acids is 4. The number of carbonyl (C=O) groups is 4. The number of amides is 2. The van der Waals surface area contributed by atoms with Gasteiger partial charge in [-0.05, 0) is 51.2 Å². The Morgan fingerprint density at radius 1 is 0.974 bits per heavy atom. The number of ether oxygens (including phenoxy) is 2. The van der Waals surface area contributed by atoms with Crippen LogP contribution in [0.1, 0.15) is 58.1 Å². The zero-order valence-corrected chi connectivity index (χ0v) is 22.6. The molecular formula is C30H38N2O6. The number of rotatable bonds is 10. The Hall–Kier alpha value is -3.68. The molecule has 3 atom stereocenters. The molecule has 0 spiro atoms. The molecule has 1 aliphatic rings. The lowest BCUT2D eigenvalue weighted by Gasteiger charge is -2.28. The molecule has 2 aromatic carbocycles. The summed E-state index contributed by atoms with van der Waals surface area (Å²) in [6.45, 7) is 7.56. The molecule has 38 heavy (non-hydrogen) atoms. The van der Waals surface area contributed by atoms with E-state index in [9.17, 15) is 19.2 Å². The Morgan fingerprint density at radius 2 is 1.58 bits per heavy atom. The summed E-state index contributed by atoms with van der Waals surface area (Å²) in [5.74, 6) is -1.64. The first-order chi connectivity index (χ1) is 18.0. The molecule has 1 aliphatic heterocycles. The molecule has 1 saturated heterocycles. The summed E-state index contributed by atoms with van der Waals surface area (Å²) in [4.78, 5) is 53.4. The van der Waals surface area contributed by atoms with Crippen LogP contribution in [-0.2, 0) is 36.9 Å². The molecule has 2 amide bonds. The topological polar surface area (TPSA) is 102 Å². The highest BCUT2D eigenvalue weighted by molar-refractivity contribution is 5.93. The zero-order valence-electron chi connectivity index (χ0n) is 22.6. The van der Waals surface area contributed by atoms with Gasteiger partial charge in [0.15, 0.2) is 5.78 Å². The fourth-order valence-electron chi connectivity index (χ4n) is 4.48. The van der Waals surface area contributed by atoms with E-state index in [1.807, 2.05) is 60.7 Å². The largest absolute Gasteiger partial charge is 0.458 e. The van der Waals surface area contributed by atoms with Crippen molar-refractivity contribution in [1.29, 1.82) is 0 Å². The Kier molecular flexibility index (Phi) is 10.0. The molecule has 1 N–H and O–H groups in total. The van der Waals surface area contributed by atoms with Crippen LogP contribution in [0.3, 0.4) is 0 Å². The van der Waals surface area contributed by atoms with Crippen LogP contribution in [0.15, 0.2) is 60.7 Å². The highest BCUT2D eigenvalue weighted by Gasteiger charge is 2.38. The van der Waals surface area contributed by atoms with Crippen LogP contribution >= 0.6 is 0 Å². The molecule has 204 valence electrons. The Bertz CT molecular complexity index is 1100. The summed E-state index contributed by atoms with van der Waals surface area (Å²) in [7, 11) is 0. The van der Waals surface area contributed by atoms with Crippen LogP contribution in [0.2, 0.25) is 0 Å². The minimum absolute atomic E-state index is 0.0653. The number of hydrogen-bond donors (Lipinski definition) is 1. The first-order valence-electron chi connectivity index (χ1n) is 13.1. The lowest BCUT2D eigenvalue weighted by atomic mass is 9.92. The van der Waals surface area contributed by atoms with Crippen molar-refractivity contribution in [2.45, 2.75) is 77.7 Å². The molecular weight excluding hydrogens is 484 g/mol. The summed E-state index contributed by atoms with van der Waals surface area (Å²) in [6, 6.07) is 17.1. The summed E-state index contributed by atoms with van der Waals surface area (Å²) in [6.07, 6.45) is 0.733. The van der Waals surface area contributed by atoms with Crippen LogP contribution in [-0.4, -0.2) is 52.9 Å². The summed E-state index contributed by atoms with van der Waals surface area (Å²) in [5.41, 5.74) is 1.05. The normalized spacial score (nSPS) is 16.8. The Morgan fingerprint density at radius 3 is 2.18 bits per heavy atom. The minimum Gasteiger partial charge on any atom is -0.458 e. The molecule has 0 aromatic heterocycles. The standard InChI is InChI=1S/C30H38N2O6/c1-21(18-26(33)32-17-11-16-25(32)28(35)38-30(2,3)4)27(34)24(19-22-12-7-5-8-13-22)31-29(36)37-20-23-14-9-6-10-15-23/h5-10,12-15,21,24-25H,11,16-20H2,1-4H3,(H,31,36)/t21-,24+,25-/m0/s1. The van der Waals surface area contributed by atoms with Crippen molar-refractivity contribution < 1.29 is 28.7 Å². The van der Waals surface area contributed by atoms with Crippen LogP contribution in [0, 0.1) is 5.92 Å². The van der Waals surface area contributed by atoms with Crippen molar-refractivity contribution in [2.24, 2.45) is 5.92 Å². The fourth-order valence-corrected chi connectivity index (χ4v) is 4.48. The van der Waals surface area contributed by atoms with E-state index in [1.165, 1.54) is 4.90 Å². The maximum atomic E-state index is 13.5. The van der Waals surface area contributed by atoms with Gasteiger partial charge in [-0.3, -0.25) is 9.59 Å². The van der Waals surface area contributed by atoms with Gasteiger partial charge in [0, 0.05) is 18.9 Å². The van der Waals surface area contributed by atoms with Crippen molar-refractivity contribution in [1.82, 2.24) is 10.2 Å². The summed E-state index contributed by atoms with van der Waals surface area (Å²) < 4.78 is 10.8. The smallest absolute Gasteiger partial charge is 0.408 e. The first-order valence-corrected chi connectivity index (χ1v) is 13.1. The van der Waals surface area contributed by atoms with E-state index in [2.05, 4.69) is 5.32 Å². The average Bonchev–Trinajstić information content (AvgIpc) is 3.37. The average molecular weight is 523 g/mol. The number of benzene rings is 2. The Labute approximate surface area is 224 Å². The minimum atomic E-state index is -0.872. The quantitative estimate of drug-likeness (QED) is 0.463. The molecule has 8 nitrogen and oxygen atoms in total. The van der Waals surface area contributed by atoms with Crippen molar-refractivity contribution >= 4 is 23.8 Å². The molecule has 1 fully saturated rings. The third-order valence-corrected chi connectivity index (χ3v) is 6.35. The second kappa shape index (κ2) is 13.2. The van der Waals surface area contributed by atoms with Crippen molar-refractivity contribution in [3.05, 3.63) is 71.8 Å². The van der Waals surface area contributed by atoms with E-state index in [0.717, 1.165) is 11.1 Å². The number of nitrogens with one attached hydrogen (secondary N) is 1. The summed E-state index contributed by atoms with van der Waals surface area (Å²) in [5, 5.41) is 2.70. The predicted octanol–water partition coefficient (Wildman–Crippen LogP) is 4.45. The van der Waals surface area contributed by atoms with Gasteiger partial charge in [-0.1, -0.05) is 67.6 Å². The van der Waals surface area contributed by atoms with Gasteiger partial charge in [0.25, 0.3) is 0 Å². The Balaban J connectivity index is 1.65. The molecule has 8 heteroatoms. The molecule has 0 saturated carbocycles. The molecule has 0 bridgehead atoms. The number of esters is 1. The SMILES string of the molecule is C[C@@H](CC(=O)N1CCC[C@H]1C(=O)OC(C)(C)C)C(=O)[C@@H](Cc1ccccc1)NC(=O)OCc1ccccc1. The van der Waals surface area contributed by atoms with E-state index in [-0.39, 0.29) is 31.1 Å². The van der Waals surface area contributed by atoms with Crippen molar-refractivity contribution in [2.75, 3.05) is 6.54 Å². The van der Waals surface area contributed by atoms with E-state index in [4.69, 9.17) is 9.47 Å². The first kappa shape index (κ1) is 28.9. The maximum absolute atomic E-state index is 13.5. The van der Waals surface area contributed by atoms with Gasteiger partial charge in [-0.25, -0.2) is 9.59 Å². The second-order valence-electron chi connectivity index (χ2n) is 10.7. The molecule has 0 unspecified atom stereocenters. The lowest BCUT2D eigenvalue weighted by molar-refractivity contribution is -0.163. The number of hydrogen-bond acceptors (Lipinski definition) is 6. The molecule has 2 aromatic rings. The van der Waals surface area contributed by atoms with Gasteiger partial charge in [-0.15, -0.1) is 0 Å². The van der Waals surface area contributed by atoms with Gasteiger partial charge in [0.2, 0.25) is 5.91 Å². The number of ketones is 1. The van der Waals surface area contributed by atoms with E-state index in [0.29, 0.717) is 19.4 Å². The van der Waals surface area contributed by atoms with E-state index >= 15 is 0 Å². The van der Waals surface area contributed by atoms with Crippen LogP contribution < -0.4 is 5.32 Å². The second-order valence-corrected chi connectivity index (χ2v) is 10.7. The monoisotopic (exact) mass is 522 g/mol. The van der Waals surface area contributed by atoms with Gasteiger partial charge >= 0.3 is 12.1 Å². The molecule has 0 aliphatic carbocycles. The zero-order chi connectivity index (χ0) is 27.7. The third kappa shape index (κ3) is 8.71. The molecule has 3 rings (SSSR count). The molecule has 1 heterocycles. The van der Waals surface area contributed by atoms with Gasteiger partial charge in [0.05, 0.1) is 6.04 Å². The molecule has 0 radical (unpaired) electrons. The third-order valence-electron chi connectivity index (χ3n) is 6.35. The predicted molar refractivity (Wildman–Crippen MR) is 143 cm³/mol. The van der Waals surface area contributed by atoms with Gasteiger partial charge in [0.1, 0.15) is 18.2 Å². The van der Waals surface area contributed by atoms with Crippen LogP contribution in [0.4, 0.5) is 4.79 Å². The summed E-state index contributed by atoms with van der Waals surface area (Å²) >= 11 is 0. The lowest BCUT2D eigenvalue weighted by Crippen LogP contribution is -2.47. The van der Waals surface area contributed by atoms with Crippen LogP contribution in [0.25, 0.3) is 0 Å². The van der Waals surface area contributed by atoms with Crippen molar-refractivity contribution in [3.8, 4) is 0 Å². The van der Waals surface area contributed by atoms with E-state index < -0.39 is 35.7 Å². The van der Waals surface area contributed by atoms with Gasteiger partial charge < -0.3 is 19.7 Å². The highest BCUT2D eigenvalue weighted by atomic mass is 16.6. The number of Topliss-reactive ketones (excluding diaryl/α,β-unsaturated/α-hetero) is 1. The highest BCUT2D eigenvalue weighted by Crippen LogP contribution is 2.23. The van der Waals surface area contributed by atoms with Crippen molar-refractivity contribution in [3.63, 3.8) is 0 Å². The maximum Gasteiger partial charge on any atom is 0.408 e. The number of likely N-dealkylation sites (tertiary alicyclic amines) is 1. The number of nitrogens with zero attached hydrogens (tertiary/aromatic N) is 1. The number of alkyl carbamates (subject to hydrolysis) is 1. The van der Waals surface area contributed by atoms with Gasteiger partial charge in [-0.2, -0.15) is 0 Å². The van der Waals surface area contributed by atoms with Crippen LogP contribution in [0.5, 0.6) is 0 Å².